The van der Waals surface area contributed by atoms with Gasteiger partial charge in [0, 0.05) is 23.7 Å². The van der Waals surface area contributed by atoms with Crippen LogP contribution in [0.15, 0.2) is 65.1 Å². The molecule has 31 heavy (non-hydrogen) atoms. The molecule has 0 unspecified atom stereocenters. The molecule has 1 amide bonds. The van der Waals surface area contributed by atoms with E-state index in [9.17, 15) is 4.79 Å². The number of carbonyl (C=O) groups excluding carboxylic acids is 1. The van der Waals surface area contributed by atoms with Crippen molar-refractivity contribution in [2.75, 3.05) is 16.4 Å². The van der Waals surface area contributed by atoms with Crippen LogP contribution in [0.1, 0.15) is 11.4 Å². The second kappa shape index (κ2) is 9.76. The number of amides is 1. The van der Waals surface area contributed by atoms with Crippen LogP contribution in [-0.4, -0.2) is 31.4 Å². The molecule has 0 spiro atoms. The van der Waals surface area contributed by atoms with Crippen LogP contribution in [0.25, 0.3) is 11.3 Å². The van der Waals surface area contributed by atoms with Gasteiger partial charge in [-0.2, -0.15) is 0 Å². The van der Waals surface area contributed by atoms with Crippen LogP contribution < -0.4 is 10.6 Å². The largest absolute Gasteiger partial charge is 0.354 e. The first-order valence-corrected chi connectivity index (χ1v) is 11.6. The maximum atomic E-state index is 12.2. The number of nitrogens with one attached hydrogen (secondary N) is 2. The monoisotopic (exact) mass is 450 g/mol. The van der Waals surface area contributed by atoms with Crippen molar-refractivity contribution < 1.29 is 4.79 Å². The van der Waals surface area contributed by atoms with Crippen LogP contribution in [0.2, 0.25) is 0 Å². The molecule has 7 nitrogen and oxygen atoms in total. The summed E-state index contributed by atoms with van der Waals surface area (Å²) in [5.74, 6) is 0.964. The first kappa shape index (κ1) is 21.1. The highest BCUT2D eigenvalue weighted by Crippen LogP contribution is 2.25. The standard InChI is InChI=1S/C22H22N6OS2/c1-15-8-10-17(11-9-15)24-20(29)14-31-22-27-26-19(28(22)2)12-23-21-25-18(13-30-21)16-6-4-3-5-7-16/h3-11,13H,12,14H2,1-2H3,(H,23,25)(H,24,29). The molecule has 0 radical (unpaired) electrons. The number of hydrogen-bond donors (Lipinski definition) is 2. The average molecular weight is 451 g/mol. The molecule has 0 aliphatic rings. The quantitative estimate of drug-likeness (QED) is 0.382. The van der Waals surface area contributed by atoms with E-state index in [4.69, 9.17) is 0 Å². The summed E-state index contributed by atoms with van der Waals surface area (Å²) in [6.45, 7) is 2.51. The molecule has 0 saturated heterocycles. The van der Waals surface area contributed by atoms with E-state index >= 15 is 0 Å². The van der Waals surface area contributed by atoms with Crippen LogP contribution in [0.4, 0.5) is 10.8 Å². The normalized spacial score (nSPS) is 10.8. The summed E-state index contributed by atoms with van der Waals surface area (Å²) in [4.78, 5) is 16.8. The lowest BCUT2D eigenvalue weighted by Crippen LogP contribution is -2.14. The van der Waals surface area contributed by atoms with Gasteiger partial charge in [0.2, 0.25) is 5.91 Å². The molecule has 158 valence electrons. The Balaban J connectivity index is 1.29. The van der Waals surface area contributed by atoms with Crippen molar-refractivity contribution in [2.45, 2.75) is 18.6 Å². The molecule has 0 fully saturated rings. The zero-order valence-electron chi connectivity index (χ0n) is 17.2. The highest BCUT2D eigenvalue weighted by atomic mass is 32.2. The summed E-state index contributed by atoms with van der Waals surface area (Å²) in [6.07, 6.45) is 0. The van der Waals surface area contributed by atoms with Gasteiger partial charge < -0.3 is 15.2 Å². The molecule has 9 heteroatoms. The van der Waals surface area contributed by atoms with Gasteiger partial charge in [-0.1, -0.05) is 59.8 Å². The first-order chi connectivity index (χ1) is 15.1. The first-order valence-electron chi connectivity index (χ1n) is 9.71. The van der Waals surface area contributed by atoms with Gasteiger partial charge in [-0.15, -0.1) is 21.5 Å². The van der Waals surface area contributed by atoms with E-state index < -0.39 is 0 Å². The Labute approximate surface area is 188 Å². The lowest BCUT2D eigenvalue weighted by molar-refractivity contribution is -0.113. The maximum absolute atomic E-state index is 12.2. The SMILES string of the molecule is Cc1ccc(NC(=O)CSc2nnc(CNc3nc(-c4ccccc4)cs3)n2C)cc1. The molecule has 4 aromatic rings. The number of carbonyl (C=O) groups is 1. The summed E-state index contributed by atoms with van der Waals surface area (Å²) >= 11 is 2.91. The van der Waals surface area contributed by atoms with Crippen LogP contribution in [0, 0.1) is 6.92 Å². The third kappa shape index (κ3) is 5.50. The Bertz CT molecular complexity index is 1150. The van der Waals surface area contributed by atoms with Crippen LogP contribution in [0.3, 0.4) is 0 Å². The minimum Gasteiger partial charge on any atom is -0.354 e. The second-order valence-electron chi connectivity index (χ2n) is 6.92. The zero-order chi connectivity index (χ0) is 21.6. The lowest BCUT2D eigenvalue weighted by Gasteiger charge is -2.06. The van der Waals surface area contributed by atoms with Crippen LogP contribution in [0.5, 0.6) is 0 Å². The van der Waals surface area contributed by atoms with Crippen molar-refractivity contribution in [1.82, 2.24) is 19.7 Å². The molecular weight excluding hydrogens is 428 g/mol. The number of aromatic nitrogens is 4. The fraction of sp³-hybridized carbons (Fsp3) is 0.182. The summed E-state index contributed by atoms with van der Waals surface area (Å²) in [5, 5.41) is 18.2. The number of rotatable bonds is 8. The van der Waals surface area contributed by atoms with Crippen molar-refractivity contribution in [2.24, 2.45) is 7.05 Å². The van der Waals surface area contributed by atoms with Gasteiger partial charge in [-0.3, -0.25) is 4.79 Å². The van der Waals surface area contributed by atoms with E-state index in [1.807, 2.05) is 78.5 Å². The smallest absolute Gasteiger partial charge is 0.234 e. The molecule has 0 aliphatic carbocycles. The summed E-state index contributed by atoms with van der Waals surface area (Å²) < 4.78 is 1.89. The Morgan fingerprint density at radius 2 is 1.87 bits per heavy atom. The fourth-order valence-electron chi connectivity index (χ4n) is 2.84. The molecule has 0 saturated carbocycles. The third-order valence-corrected chi connectivity index (χ3v) is 6.38. The van der Waals surface area contributed by atoms with Crippen molar-refractivity contribution in [3.05, 3.63) is 71.4 Å². The minimum atomic E-state index is -0.0762. The Morgan fingerprint density at radius 3 is 2.65 bits per heavy atom. The Hall–Kier alpha value is -3.17. The molecule has 4 rings (SSSR count). The number of thioether (sulfide) groups is 1. The van der Waals surface area contributed by atoms with E-state index in [0.29, 0.717) is 11.7 Å². The number of benzene rings is 2. The fourth-order valence-corrected chi connectivity index (χ4v) is 4.29. The zero-order valence-corrected chi connectivity index (χ0v) is 18.8. The van der Waals surface area contributed by atoms with Gasteiger partial charge in [0.05, 0.1) is 18.0 Å². The summed E-state index contributed by atoms with van der Waals surface area (Å²) in [5.41, 5.74) is 3.98. The van der Waals surface area contributed by atoms with Gasteiger partial charge in [0.25, 0.3) is 0 Å². The molecule has 0 aliphatic heterocycles. The van der Waals surface area contributed by atoms with Crippen molar-refractivity contribution in [1.29, 1.82) is 0 Å². The summed E-state index contributed by atoms with van der Waals surface area (Å²) in [6, 6.07) is 17.8. The van der Waals surface area contributed by atoms with Gasteiger partial charge in [-0.05, 0) is 19.1 Å². The second-order valence-corrected chi connectivity index (χ2v) is 8.72. The predicted octanol–water partition coefficient (Wildman–Crippen LogP) is 4.59. The third-order valence-electron chi connectivity index (χ3n) is 4.56. The van der Waals surface area contributed by atoms with Gasteiger partial charge >= 0.3 is 0 Å². The van der Waals surface area contributed by atoms with Crippen molar-refractivity contribution in [3.63, 3.8) is 0 Å². The molecule has 2 aromatic heterocycles. The number of anilines is 2. The predicted molar refractivity (Wildman–Crippen MR) is 126 cm³/mol. The molecule has 2 heterocycles. The Kier molecular flexibility index (Phi) is 6.63. The van der Waals surface area contributed by atoms with Crippen molar-refractivity contribution >= 4 is 39.8 Å². The molecular formula is C22H22N6OS2. The number of aryl methyl sites for hydroxylation is 1. The van der Waals surface area contributed by atoms with Crippen molar-refractivity contribution in [3.8, 4) is 11.3 Å². The van der Waals surface area contributed by atoms with Crippen LogP contribution in [-0.2, 0) is 18.4 Å². The minimum absolute atomic E-state index is 0.0762. The van der Waals surface area contributed by atoms with E-state index in [-0.39, 0.29) is 11.7 Å². The molecule has 0 atom stereocenters. The highest BCUT2D eigenvalue weighted by Gasteiger charge is 2.12. The molecule has 0 bridgehead atoms. The van der Waals surface area contributed by atoms with Gasteiger partial charge in [0.1, 0.15) is 0 Å². The summed E-state index contributed by atoms with van der Waals surface area (Å²) in [7, 11) is 1.90. The number of thiazole rings is 1. The highest BCUT2D eigenvalue weighted by molar-refractivity contribution is 7.99. The van der Waals surface area contributed by atoms with Crippen LogP contribution >= 0.6 is 23.1 Å². The number of hydrogen-bond acceptors (Lipinski definition) is 7. The van der Waals surface area contributed by atoms with E-state index in [0.717, 1.165) is 33.5 Å². The topological polar surface area (TPSA) is 84.7 Å². The maximum Gasteiger partial charge on any atom is 0.234 e. The number of nitrogens with zero attached hydrogens (tertiary/aromatic N) is 4. The van der Waals surface area contributed by atoms with Gasteiger partial charge in [0.15, 0.2) is 16.1 Å². The lowest BCUT2D eigenvalue weighted by atomic mass is 10.2. The van der Waals surface area contributed by atoms with E-state index in [1.165, 1.54) is 11.8 Å². The van der Waals surface area contributed by atoms with E-state index in [1.54, 1.807) is 11.3 Å². The molecule has 2 N–H and O–H groups in total. The average Bonchev–Trinajstić information content (AvgIpc) is 3.40. The molecule has 2 aromatic carbocycles. The van der Waals surface area contributed by atoms with Gasteiger partial charge in [-0.25, -0.2) is 4.98 Å². The Morgan fingerprint density at radius 1 is 1.10 bits per heavy atom. The van der Waals surface area contributed by atoms with E-state index in [2.05, 4.69) is 25.8 Å².